The summed E-state index contributed by atoms with van der Waals surface area (Å²) in [4.78, 5) is 0. The van der Waals surface area contributed by atoms with Crippen LogP contribution in [-0.4, -0.2) is 26.2 Å². The van der Waals surface area contributed by atoms with E-state index in [0.717, 1.165) is 13.1 Å². The van der Waals surface area contributed by atoms with Gasteiger partial charge in [0, 0.05) is 19.1 Å². The van der Waals surface area contributed by atoms with Crippen molar-refractivity contribution in [1.82, 2.24) is 16.2 Å². The molecule has 0 aromatic carbocycles. The Kier molecular flexibility index (Phi) is 2.97. The van der Waals surface area contributed by atoms with E-state index in [1.165, 1.54) is 12.8 Å². The third-order valence-corrected chi connectivity index (χ3v) is 1.61. The summed E-state index contributed by atoms with van der Waals surface area (Å²) in [6.07, 6.45) is 2.58. The number of hydrazine groups is 1. The summed E-state index contributed by atoms with van der Waals surface area (Å²) in [5.41, 5.74) is 6.34. The van der Waals surface area contributed by atoms with E-state index in [0.29, 0.717) is 6.04 Å². The van der Waals surface area contributed by atoms with Gasteiger partial charge in [-0.15, -0.1) is 0 Å². The lowest BCUT2D eigenvalue weighted by molar-refractivity contribution is 0.337. The molecule has 1 unspecified atom stereocenters. The molecule has 1 aliphatic heterocycles. The minimum atomic E-state index is 0.628. The lowest BCUT2D eigenvalue weighted by atomic mass is 10.1. The maximum atomic E-state index is 3.21. The predicted octanol–water partition coefficient (Wildman–Crippen LogP) is -0.538. The number of hydrogen-bond acceptors (Lipinski definition) is 3. The molecule has 1 atom stereocenters. The van der Waals surface area contributed by atoms with E-state index in [1.807, 2.05) is 7.05 Å². The molecule has 3 nitrogen and oxygen atoms in total. The van der Waals surface area contributed by atoms with Gasteiger partial charge in [0.05, 0.1) is 0 Å². The van der Waals surface area contributed by atoms with Gasteiger partial charge in [0.15, 0.2) is 0 Å². The SMILES string of the molecule is CNCC1CCCNN1. The molecule has 0 spiro atoms. The van der Waals surface area contributed by atoms with Gasteiger partial charge in [0.25, 0.3) is 0 Å². The molecule has 0 aliphatic carbocycles. The molecule has 9 heavy (non-hydrogen) atoms. The van der Waals surface area contributed by atoms with Crippen molar-refractivity contribution in [2.75, 3.05) is 20.1 Å². The topological polar surface area (TPSA) is 36.1 Å². The fourth-order valence-electron chi connectivity index (χ4n) is 1.13. The highest BCUT2D eigenvalue weighted by Gasteiger charge is 2.09. The van der Waals surface area contributed by atoms with Crippen LogP contribution >= 0.6 is 0 Å². The molecule has 3 heteroatoms. The molecular weight excluding hydrogens is 114 g/mol. The van der Waals surface area contributed by atoms with Crippen molar-refractivity contribution >= 4 is 0 Å². The van der Waals surface area contributed by atoms with Crippen LogP contribution in [0.25, 0.3) is 0 Å². The smallest absolute Gasteiger partial charge is 0.0338 e. The maximum absolute atomic E-state index is 3.21. The van der Waals surface area contributed by atoms with Gasteiger partial charge in [-0.05, 0) is 19.9 Å². The average Bonchev–Trinajstić information content (AvgIpc) is 1.91. The van der Waals surface area contributed by atoms with Gasteiger partial charge in [0.1, 0.15) is 0 Å². The van der Waals surface area contributed by atoms with Gasteiger partial charge in [-0.3, -0.25) is 10.9 Å². The summed E-state index contributed by atoms with van der Waals surface area (Å²) in [5, 5.41) is 3.13. The van der Waals surface area contributed by atoms with Gasteiger partial charge in [-0.1, -0.05) is 0 Å². The minimum absolute atomic E-state index is 0.628. The van der Waals surface area contributed by atoms with E-state index >= 15 is 0 Å². The molecule has 1 fully saturated rings. The van der Waals surface area contributed by atoms with Crippen LogP contribution in [0, 0.1) is 0 Å². The fraction of sp³-hybridized carbons (Fsp3) is 1.00. The molecule has 0 aromatic rings. The van der Waals surface area contributed by atoms with Crippen molar-refractivity contribution in [2.45, 2.75) is 18.9 Å². The van der Waals surface area contributed by atoms with Crippen LogP contribution in [0.5, 0.6) is 0 Å². The normalized spacial score (nSPS) is 28.3. The van der Waals surface area contributed by atoms with Crippen LogP contribution in [0.15, 0.2) is 0 Å². The van der Waals surface area contributed by atoms with E-state index in [2.05, 4.69) is 16.2 Å². The van der Waals surface area contributed by atoms with Gasteiger partial charge >= 0.3 is 0 Å². The molecule has 54 valence electrons. The zero-order chi connectivity index (χ0) is 6.53. The Labute approximate surface area is 56.2 Å². The molecular formula is C6H15N3. The first-order chi connectivity index (χ1) is 4.43. The molecule has 0 bridgehead atoms. The lowest BCUT2D eigenvalue weighted by Gasteiger charge is -2.23. The zero-order valence-electron chi connectivity index (χ0n) is 5.91. The average molecular weight is 129 g/mol. The molecule has 0 aromatic heterocycles. The Morgan fingerprint density at radius 2 is 2.56 bits per heavy atom. The second kappa shape index (κ2) is 3.82. The van der Waals surface area contributed by atoms with Gasteiger partial charge in [-0.25, -0.2) is 0 Å². The second-order valence-corrected chi connectivity index (χ2v) is 2.47. The van der Waals surface area contributed by atoms with Gasteiger partial charge in [0.2, 0.25) is 0 Å². The van der Waals surface area contributed by atoms with Crippen molar-refractivity contribution in [3.8, 4) is 0 Å². The molecule has 0 amide bonds. The Morgan fingerprint density at radius 3 is 3.11 bits per heavy atom. The molecule has 3 N–H and O–H groups in total. The lowest BCUT2D eigenvalue weighted by Crippen LogP contribution is -2.49. The van der Waals surface area contributed by atoms with Crippen LogP contribution in [0.2, 0.25) is 0 Å². The number of hydrogen-bond donors (Lipinski definition) is 3. The van der Waals surface area contributed by atoms with Crippen LogP contribution in [0.1, 0.15) is 12.8 Å². The van der Waals surface area contributed by atoms with E-state index in [9.17, 15) is 0 Å². The van der Waals surface area contributed by atoms with Crippen LogP contribution in [0.4, 0.5) is 0 Å². The number of likely N-dealkylation sites (N-methyl/N-ethyl adjacent to an activating group) is 1. The largest absolute Gasteiger partial charge is 0.318 e. The highest BCUT2D eigenvalue weighted by atomic mass is 15.4. The summed E-state index contributed by atoms with van der Waals surface area (Å²) in [6.45, 7) is 2.17. The summed E-state index contributed by atoms with van der Waals surface area (Å²) in [5.74, 6) is 0. The molecule has 1 saturated heterocycles. The van der Waals surface area contributed by atoms with E-state index in [-0.39, 0.29) is 0 Å². The predicted molar refractivity (Wildman–Crippen MR) is 38.1 cm³/mol. The van der Waals surface area contributed by atoms with E-state index < -0.39 is 0 Å². The number of rotatable bonds is 2. The quantitative estimate of drug-likeness (QED) is 0.469. The van der Waals surface area contributed by atoms with Crippen molar-refractivity contribution < 1.29 is 0 Å². The van der Waals surface area contributed by atoms with Gasteiger partial charge in [-0.2, -0.15) is 0 Å². The van der Waals surface area contributed by atoms with Crippen molar-refractivity contribution in [2.24, 2.45) is 0 Å². The highest BCUT2D eigenvalue weighted by Crippen LogP contribution is 1.97. The summed E-state index contributed by atoms with van der Waals surface area (Å²) < 4.78 is 0. The van der Waals surface area contributed by atoms with Crippen LogP contribution < -0.4 is 16.2 Å². The molecule has 0 saturated carbocycles. The Morgan fingerprint density at radius 1 is 1.67 bits per heavy atom. The van der Waals surface area contributed by atoms with Crippen LogP contribution in [0.3, 0.4) is 0 Å². The zero-order valence-corrected chi connectivity index (χ0v) is 5.91. The van der Waals surface area contributed by atoms with Crippen LogP contribution in [-0.2, 0) is 0 Å². The summed E-state index contributed by atoms with van der Waals surface area (Å²) in [6, 6.07) is 0.628. The van der Waals surface area contributed by atoms with E-state index in [1.54, 1.807) is 0 Å². The molecule has 1 rings (SSSR count). The first-order valence-corrected chi connectivity index (χ1v) is 3.56. The van der Waals surface area contributed by atoms with E-state index in [4.69, 9.17) is 0 Å². The molecule has 1 aliphatic rings. The molecule has 1 heterocycles. The maximum Gasteiger partial charge on any atom is 0.0338 e. The Hall–Kier alpha value is -0.120. The highest BCUT2D eigenvalue weighted by molar-refractivity contribution is 4.70. The third kappa shape index (κ3) is 2.30. The van der Waals surface area contributed by atoms with Gasteiger partial charge < -0.3 is 5.32 Å². The first-order valence-electron chi connectivity index (χ1n) is 3.56. The molecule has 0 radical (unpaired) electrons. The first kappa shape index (κ1) is 6.99. The minimum Gasteiger partial charge on any atom is -0.318 e. The standard InChI is InChI=1S/C6H15N3/c1-7-5-6-3-2-4-8-9-6/h6-9H,2-5H2,1H3. The summed E-state index contributed by atoms with van der Waals surface area (Å²) >= 11 is 0. The third-order valence-electron chi connectivity index (χ3n) is 1.61. The van der Waals surface area contributed by atoms with Crippen molar-refractivity contribution in [3.05, 3.63) is 0 Å². The van der Waals surface area contributed by atoms with Crippen molar-refractivity contribution in [1.29, 1.82) is 0 Å². The van der Waals surface area contributed by atoms with Crippen molar-refractivity contribution in [3.63, 3.8) is 0 Å². The number of nitrogens with one attached hydrogen (secondary N) is 3. The fourth-order valence-corrected chi connectivity index (χ4v) is 1.13. The monoisotopic (exact) mass is 129 g/mol. The Bertz CT molecular complexity index is 65.9. The Balaban J connectivity index is 2.08. The summed E-state index contributed by atoms with van der Waals surface area (Å²) in [7, 11) is 1.98. The second-order valence-electron chi connectivity index (χ2n) is 2.47.